The third-order valence-electron chi connectivity index (χ3n) is 5.29. The average Bonchev–Trinajstić information content (AvgIpc) is 2.75. The van der Waals surface area contributed by atoms with E-state index in [-0.39, 0.29) is 0 Å². The van der Waals surface area contributed by atoms with Crippen molar-refractivity contribution in [1.82, 2.24) is 0 Å². The maximum Gasteiger partial charge on any atom is 0.139 e. The van der Waals surface area contributed by atoms with Crippen molar-refractivity contribution in [3.63, 3.8) is 0 Å². The lowest BCUT2D eigenvalue weighted by molar-refractivity contribution is 1.31. The Morgan fingerprint density at radius 1 is 0.500 bits per heavy atom. The zero-order valence-corrected chi connectivity index (χ0v) is 15.8. The zero-order valence-electron chi connectivity index (χ0n) is 15.8. The van der Waals surface area contributed by atoms with E-state index >= 15 is 0 Å². The summed E-state index contributed by atoms with van der Waals surface area (Å²) in [6.07, 6.45) is 0. The van der Waals surface area contributed by atoms with Crippen LogP contribution in [0.25, 0.3) is 21.5 Å². The zero-order chi connectivity index (χ0) is 18.9. The van der Waals surface area contributed by atoms with Gasteiger partial charge in [0.05, 0.1) is 5.69 Å². The molecule has 28 heavy (non-hydrogen) atoms. The highest BCUT2D eigenvalue weighted by Crippen LogP contribution is 2.39. The second kappa shape index (κ2) is 6.90. The molecule has 0 bridgehead atoms. The van der Waals surface area contributed by atoms with Gasteiger partial charge in [-0.1, -0.05) is 84.3 Å². The highest BCUT2D eigenvalue weighted by Gasteiger charge is 2.15. The number of anilines is 3. The van der Waals surface area contributed by atoms with Crippen LogP contribution < -0.4 is 10.4 Å². The maximum absolute atomic E-state index is 2.36. The molecule has 0 amide bonds. The summed E-state index contributed by atoms with van der Waals surface area (Å²) in [5, 5.41) is 5.00. The highest BCUT2D eigenvalue weighted by atomic mass is 15.1. The summed E-state index contributed by atoms with van der Waals surface area (Å²) >= 11 is 0. The van der Waals surface area contributed by atoms with Gasteiger partial charge < -0.3 is 4.90 Å². The molecule has 1 nitrogen and oxygen atoms in total. The Morgan fingerprint density at radius 2 is 1.14 bits per heavy atom. The Balaban J connectivity index is 1.78. The topological polar surface area (TPSA) is 3.24 Å². The molecular weight excluding hydrogens is 337 g/mol. The van der Waals surface area contributed by atoms with Crippen LogP contribution in [0.15, 0.2) is 109 Å². The van der Waals surface area contributed by atoms with Crippen molar-refractivity contribution in [3.8, 4) is 0 Å². The van der Waals surface area contributed by atoms with E-state index in [9.17, 15) is 0 Å². The van der Waals surface area contributed by atoms with Crippen molar-refractivity contribution in [2.75, 3.05) is 4.90 Å². The Bertz CT molecular complexity index is 1270. The molecule has 0 N–H and O–H groups in total. The van der Waals surface area contributed by atoms with E-state index in [1.54, 1.807) is 0 Å². The first-order valence-electron chi connectivity index (χ1n) is 9.63. The van der Waals surface area contributed by atoms with Crippen LogP contribution in [0.3, 0.4) is 0 Å². The fraction of sp³-hybridized carbons (Fsp3) is 0. The van der Waals surface area contributed by atoms with Crippen LogP contribution in [0.5, 0.6) is 0 Å². The van der Waals surface area contributed by atoms with Crippen molar-refractivity contribution < 1.29 is 0 Å². The van der Waals surface area contributed by atoms with E-state index in [0.717, 1.165) is 5.69 Å². The number of fused-ring (bicyclic) bond motifs is 2. The number of hydrogen-bond acceptors (Lipinski definition) is 1. The Labute approximate surface area is 166 Å². The predicted octanol–water partition coefficient (Wildman–Crippen LogP) is 5.72. The monoisotopic (exact) mass is 357 g/mol. The SMILES string of the molecule is Bc1ccc(N(c2ccc3ccccc3c2)c2cccc3ccccc23)cc1. The first-order valence-corrected chi connectivity index (χ1v) is 9.63. The first-order chi connectivity index (χ1) is 13.8. The van der Waals surface area contributed by atoms with Crippen molar-refractivity contribution in [1.29, 1.82) is 0 Å². The van der Waals surface area contributed by atoms with Gasteiger partial charge in [-0.05, 0) is 46.5 Å². The number of hydrogen-bond donors (Lipinski definition) is 0. The van der Waals surface area contributed by atoms with E-state index in [1.807, 2.05) is 0 Å². The summed E-state index contributed by atoms with van der Waals surface area (Å²) in [4.78, 5) is 2.36. The molecule has 0 aromatic heterocycles. The van der Waals surface area contributed by atoms with Crippen LogP contribution in [0.1, 0.15) is 0 Å². The minimum absolute atomic E-state index is 1.16. The summed E-state index contributed by atoms with van der Waals surface area (Å²) in [6, 6.07) is 39.1. The summed E-state index contributed by atoms with van der Waals surface area (Å²) in [6.45, 7) is 0. The fourth-order valence-electron chi connectivity index (χ4n) is 3.84. The van der Waals surface area contributed by atoms with Gasteiger partial charge in [0, 0.05) is 16.8 Å². The van der Waals surface area contributed by atoms with Gasteiger partial charge >= 0.3 is 0 Å². The van der Waals surface area contributed by atoms with Gasteiger partial charge in [-0.2, -0.15) is 0 Å². The van der Waals surface area contributed by atoms with Gasteiger partial charge in [0.1, 0.15) is 7.85 Å². The van der Waals surface area contributed by atoms with Crippen molar-refractivity contribution in [2.24, 2.45) is 0 Å². The van der Waals surface area contributed by atoms with E-state index in [2.05, 4.69) is 122 Å². The smallest absolute Gasteiger partial charge is 0.139 e. The lowest BCUT2D eigenvalue weighted by atomic mass is 9.96. The molecular formula is C26H20BN. The summed E-state index contributed by atoms with van der Waals surface area (Å²) in [7, 11) is 2.13. The van der Waals surface area contributed by atoms with Crippen LogP contribution in [0.4, 0.5) is 17.1 Å². The molecule has 0 aliphatic carbocycles. The molecule has 0 unspecified atom stereocenters. The lowest BCUT2D eigenvalue weighted by Crippen LogP contribution is -2.12. The van der Waals surface area contributed by atoms with Gasteiger partial charge in [-0.3, -0.25) is 0 Å². The first kappa shape index (κ1) is 16.6. The van der Waals surface area contributed by atoms with Crippen molar-refractivity contribution >= 4 is 51.9 Å². The Kier molecular flexibility index (Phi) is 4.10. The van der Waals surface area contributed by atoms with E-state index < -0.39 is 0 Å². The summed E-state index contributed by atoms with van der Waals surface area (Å²) in [5.74, 6) is 0. The van der Waals surface area contributed by atoms with Crippen LogP contribution in [0, 0.1) is 0 Å². The third-order valence-corrected chi connectivity index (χ3v) is 5.29. The standard InChI is InChI=1S/C26H20BN/c27-22-13-16-23(17-14-22)28(24-15-12-19-6-1-2-8-21(19)18-24)26-11-5-9-20-7-3-4-10-25(20)26/h1-18H,27H2. The lowest BCUT2D eigenvalue weighted by Gasteiger charge is -2.27. The van der Waals surface area contributed by atoms with Crippen molar-refractivity contribution in [3.05, 3.63) is 109 Å². The molecule has 0 fully saturated rings. The third kappa shape index (κ3) is 2.93. The molecule has 5 aromatic rings. The van der Waals surface area contributed by atoms with Gasteiger partial charge in [0.2, 0.25) is 0 Å². The van der Waals surface area contributed by atoms with Crippen LogP contribution in [-0.4, -0.2) is 7.85 Å². The van der Waals surface area contributed by atoms with E-state index in [1.165, 1.54) is 38.4 Å². The summed E-state index contributed by atoms with van der Waals surface area (Å²) < 4.78 is 0. The number of rotatable bonds is 3. The van der Waals surface area contributed by atoms with Gasteiger partial charge in [-0.25, -0.2) is 0 Å². The van der Waals surface area contributed by atoms with Crippen LogP contribution >= 0.6 is 0 Å². The average molecular weight is 357 g/mol. The summed E-state index contributed by atoms with van der Waals surface area (Å²) in [5.41, 5.74) is 4.79. The van der Waals surface area contributed by atoms with Gasteiger partial charge in [0.25, 0.3) is 0 Å². The maximum atomic E-state index is 2.36. The molecule has 0 heterocycles. The Morgan fingerprint density at radius 3 is 1.96 bits per heavy atom. The quantitative estimate of drug-likeness (QED) is 0.373. The molecule has 0 radical (unpaired) electrons. The van der Waals surface area contributed by atoms with Crippen molar-refractivity contribution in [2.45, 2.75) is 0 Å². The largest absolute Gasteiger partial charge is 0.310 e. The minimum Gasteiger partial charge on any atom is -0.310 e. The molecule has 0 atom stereocenters. The highest BCUT2D eigenvalue weighted by molar-refractivity contribution is 6.32. The van der Waals surface area contributed by atoms with Gasteiger partial charge in [0.15, 0.2) is 0 Å². The van der Waals surface area contributed by atoms with Crippen LogP contribution in [0.2, 0.25) is 0 Å². The normalized spacial score (nSPS) is 11.0. The Hall–Kier alpha value is -3.52. The minimum atomic E-state index is 1.16. The van der Waals surface area contributed by atoms with Crippen LogP contribution in [-0.2, 0) is 0 Å². The number of benzene rings is 5. The predicted molar refractivity (Wildman–Crippen MR) is 124 cm³/mol. The second-order valence-corrected chi connectivity index (χ2v) is 7.20. The number of nitrogens with zero attached hydrogens (tertiary/aromatic N) is 1. The fourth-order valence-corrected chi connectivity index (χ4v) is 3.84. The molecule has 5 rings (SSSR count). The molecule has 0 saturated carbocycles. The van der Waals surface area contributed by atoms with E-state index in [4.69, 9.17) is 0 Å². The molecule has 0 saturated heterocycles. The van der Waals surface area contributed by atoms with Gasteiger partial charge in [-0.15, -0.1) is 0 Å². The second-order valence-electron chi connectivity index (χ2n) is 7.20. The molecule has 0 spiro atoms. The molecule has 132 valence electrons. The molecule has 5 aromatic carbocycles. The van der Waals surface area contributed by atoms with E-state index in [0.29, 0.717) is 0 Å². The molecule has 0 aliphatic rings. The molecule has 2 heteroatoms. The molecule has 0 aliphatic heterocycles.